The van der Waals surface area contributed by atoms with Gasteiger partial charge in [-0.1, -0.05) is 0 Å². The van der Waals surface area contributed by atoms with Crippen LogP contribution in [0.3, 0.4) is 0 Å². The van der Waals surface area contributed by atoms with Gasteiger partial charge in [-0.05, 0) is 12.8 Å². The van der Waals surface area contributed by atoms with Crippen LogP contribution in [0.5, 0.6) is 0 Å². The van der Waals surface area contributed by atoms with Gasteiger partial charge >= 0.3 is 5.97 Å². The number of hydrogen-bond donors (Lipinski definition) is 3. The predicted octanol–water partition coefficient (Wildman–Crippen LogP) is -0.595. The van der Waals surface area contributed by atoms with Crippen LogP contribution in [0.15, 0.2) is 11.1 Å². The SMILES string of the molecule is Nc1c(N2CCCC2C(=O)O)nc[nH]c1=O. The first-order valence-corrected chi connectivity index (χ1v) is 4.94. The van der Waals surface area contributed by atoms with Crippen molar-refractivity contribution in [2.75, 3.05) is 17.2 Å². The second-order valence-electron chi connectivity index (χ2n) is 3.66. The summed E-state index contributed by atoms with van der Waals surface area (Å²) in [5.41, 5.74) is 5.11. The molecule has 7 heteroatoms. The molecule has 1 aromatic heterocycles. The number of carbonyl (C=O) groups is 1. The van der Waals surface area contributed by atoms with Crippen LogP contribution >= 0.6 is 0 Å². The van der Waals surface area contributed by atoms with E-state index in [0.717, 1.165) is 6.42 Å². The van der Waals surface area contributed by atoms with E-state index in [1.807, 2.05) is 0 Å². The van der Waals surface area contributed by atoms with E-state index < -0.39 is 17.6 Å². The van der Waals surface area contributed by atoms with Gasteiger partial charge in [0, 0.05) is 6.54 Å². The molecular weight excluding hydrogens is 212 g/mol. The molecule has 0 saturated carbocycles. The highest BCUT2D eigenvalue weighted by atomic mass is 16.4. The normalized spacial score (nSPS) is 20.0. The molecule has 86 valence electrons. The number of aromatic amines is 1. The molecule has 7 nitrogen and oxygen atoms in total. The minimum Gasteiger partial charge on any atom is -0.480 e. The van der Waals surface area contributed by atoms with E-state index in [1.165, 1.54) is 6.33 Å². The lowest BCUT2D eigenvalue weighted by Gasteiger charge is -2.22. The number of carboxylic acid groups (broad SMARTS) is 1. The number of nitrogen functional groups attached to an aromatic ring is 1. The molecule has 0 aromatic carbocycles. The summed E-state index contributed by atoms with van der Waals surface area (Å²) in [6.45, 7) is 0.553. The lowest BCUT2D eigenvalue weighted by molar-refractivity contribution is -0.138. The maximum Gasteiger partial charge on any atom is 0.326 e. The van der Waals surface area contributed by atoms with Crippen LogP contribution < -0.4 is 16.2 Å². The van der Waals surface area contributed by atoms with E-state index in [1.54, 1.807) is 4.90 Å². The fourth-order valence-corrected chi connectivity index (χ4v) is 1.91. The maximum atomic E-state index is 11.3. The second kappa shape index (κ2) is 3.84. The lowest BCUT2D eigenvalue weighted by Crippen LogP contribution is -2.37. The molecule has 16 heavy (non-hydrogen) atoms. The lowest BCUT2D eigenvalue weighted by atomic mass is 10.2. The van der Waals surface area contributed by atoms with Crippen LogP contribution in [-0.2, 0) is 4.79 Å². The molecule has 0 amide bonds. The summed E-state index contributed by atoms with van der Waals surface area (Å²) in [6, 6.07) is -0.642. The molecule has 0 aliphatic carbocycles. The molecule has 4 N–H and O–H groups in total. The van der Waals surface area contributed by atoms with E-state index in [9.17, 15) is 9.59 Å². The number of hydrogen-bond acceptors (Lipinski definition) is 5. The number of H-pyrrole nitrogens is 1. The van der Waals surface area contributed by atoms with E-state index in [4.69, 9.17) is 10.8 Å². The zero-order chi connectivity index (χ0) is 11.7. The van der Waals surface area contributed by atoms with Gasteiger partial charge in [-0.15, -0.1) is 0 Å². The third-order valence-corrected chi connectivity index (χ3v) is 2.68. The number of nitrogens with zero attached hydrogens (tertiary/aromatic N) is 2. The number of anilines is 2. The molecule has 1 aliphatic rings. The van der Waals surface area contributed by atoms with Gasteiger partial charge in [0.2, 0.25) is 0 Å². The Kier molecular flexibility index (Phi) is 2.51. The third-order valence-electron chi connectivity index (χ3n) is 2.68. The number of aliphatic carboxylic acids is 1. The summed E-state index contributed by atoms with van der Waals surface area (Å²) in [7, 11) is 0. The van der Waals surface area contributed by atoms with Crippen LogP contribution in [0.4, 0.5) is 11.5 Å². The Morgan fingerprint density at radius 3 is 3.12 bits per heavy atom. The van der Waals surface area contributed by atoms with Crippen molar-refractivity contribution in [1.29, 1.82) is 0 Å². The molecule has 1 aromatic rings. The quantitative estimate of drug-likeness (QED) is 0.618. The Morgan fingerprint density at radius 2 is 2.44 bits per heavy atom. The van der Waals surface area contributed by atoms with Crippen molar-refractivity contribution in [1.82, 2.24) is 9.97 Å². The van der Waals surface area contributed by atoms with Crippen LogP contribution in [-0.4, -0.2) is 33.6 Å². The van der Waals surface area contributed by atoms with Gasteiger partial charge < -0.3 is 20.7 Å². The van der Waals surface area contributed by atoms with Gasteiger partial charge in [-0.2, -0.15) is 0 Å². The van der Waals surface area contributed by atoms with Crippen molar-refractivity contribution >= 4 is 17.5 Å². The largest absolute Gasteiger partial charge is 0.480 e. The zero-order valence-corrected chi connectivity index (χ0v) is 8.51. The molecule has 1 unspecified atom stereocenters. The highest BCUT2D eigenvalue weighted by Gasteiger charge is 2.32. The Morgan fingerprint density at radius 1 is 1.69 bits per heavy atom. The standard InChI is InChI=1S/C9H12N4O3/c10-6-7(11-4-12-8(6)14)13-3-1-2-5(13)9(15)16/h4-5H,1-3,10H2,(H,15,16)(H,11,12,14). The average molecular weight is 224 g/mol. The summed E-state index contributed by atoms with van der Waals surface area (Å²) in [5, 5.41) is 9.01. The van der Waals surface area contributed by atoms with Crippen molar-refractivity contribution in [2.45, 2.75) is 18.9 Å². The topological polar surface area (TPSA) is 112 Å². The number of carboxylic acids is 1. The smallest absolute Gasteiger partial charge is 0.326 e. The number of nitrogens with two attached hydrogens (primary N) is 1. The molecular formula is C9H12N4O3. The Hall–Kier alpha value is -2.05. The monoisotopic (exact) mass is 224 g/mol. The minimum atomic E-state index is -0.918. The fourth-order valence-electron chi connectivity index (χ4n) is 1.91. The van der Waals surface area contributed by atoms with Gasteiger partial charge in [-0.3, -0.25) is 4.79 Å². The Balaban J connectivity index is 2.40. The molecule has 2 rings (SSSR count). The second-order valence-corrected chi connectivity index (χ2v) is 3.66. The van der Waals surface area contributed by atoms with Crippen LogP contribution in [0, 0.1) is 0 Å². The molecule has 1 atom stereocenters. The highest BCUT2D eigenvalue weighted by Crippen LogP contribution is 2.26. The van der Waals surface area contributed by atoms with Crippen molar-refractivity contribution in [3.63, 3.8) is 0 Å². The zero-order valence-electron chi connectivity index (χ0n) is 8.51. The molecule has 1 aliphatic heterocycles. The van der Waals surface area contributed by atoms with E-state index in [0.29, 0.717) is 13.0 Å². The summed E-state index contributed by atoms with van der Waals surface area (Å²) >= 11 is 0. The summed E-state index contributed by atoms with van der Waals surface area (Å²) in [4.78, 5) is 30.1. The van der Waals surface area contributed by atoms with Crippen molar-refractivity contribution < 1.29 is 9.90 Å². The fraction of sp³-hybridized carbons (Fsp3) is 0.444. The first-order valence-electron chi connectivity index (χ1n) is 4.94. The summed E-state index contributed by atoms with van der Waals surface area (Å²) in [6.07, 6.45) is 2.53. The molecule has 1 fully saturated rings. The van der Waals surface area contributed by atoms with E-state index >= 15 is 0 Å². The van der Waals surface area contributed by atoms with Gasteiger partial charge in [0.15, 0.2) is 5.82 Å². The summed E-state index contributed by atoms with van der Waals surface area (Å²) < 4.78 is 0. The van der Waals surface area contributed by atoms with Gasteiger partial charge in [0.25, 0.3) is 5.56 Å². The number of aromatic nitrogens is 2. The van der Waals surface area contributed by atoms with Crippen LogP contribution in [0.1, 0.15) is 12.8 Å². The first-order chi connectivity index (χ1) is 7.61. The minimum absolute atomic E-state index is 0.0318. The maximum absolute atomic E-state index is 11.3. The van der Waals surface area contributed by atoms with Crippen molar-refractivity contribution in [3.8, 4) is 0 Å². The highest BCUT2D eigenvalue weighted by molar-refractivity contribution is 5.80. The Bertz CT molecular complexity index is 470. The first kappa shape index (κ1) is 10.5. The van der Waals surface area contributed by atoms with E-state index in [2.05, 4.69) is 9.97 Å². The molecule has 2 heterocycles. The summed E-state index contributed by atoms with van der Waals surface area (Å²) in [5.74, 6) is -0.660. The van der Waals surface area contributed by atoms with Crippen molar-refractivity contribution in [3.05, 3.63) is 16.7 Å². The van der Waals surface area contributed by atoms with Crippen molar-refractivity contribution in [2.24, 2.45) is 0 Å². The van der Waals surface area contributed by atoms with E-state index in [-0.39, 0.29) is 11.5 Å². The Labute approximate surface area is 90.9 Å². The number of nitrogens with one attached hydrogen (secondary N) is 1. The average Bonchev–Trinajstić information content (AvgIpc) is 2.70. The van der Waals surface area contributed by atoms with Gasteiger partial charge in [0.05, 0.1) is 6.33 Å². The van der Waals surface area contributed by atoms with Crippen LogP contribution in [0.25, 0.3) is 0 Å². The molecule has 0 radical (unpaired) electrons. The molecule has 1 saturated heterocycles. The molecule has 0 spiro atoms. The third kappa shape index (κ3) is 1.60. The number of rotatable bonds is 2. The molecule has 0 bridgehead atoms. The predicted molar refractivity (Wildman–Crippen MR) is 57.3 cm³/mol. The van der Waals surface area contributed by atoms with Gasteiger partial charge in [-0.25, -0.2) is 9.78 Å². The van der Waals surface area contributed by atoms with Gasteiger partial charge in [0.1, 0.15) is 11.7 Å². The van der Waals surface area contributed by atoms with Crippen LogP contribution in [0.2, 0.25) is 0 Å².